The highest BCUT2D eigenvalue weighted by molar-refractivity contribution is 5.77. The largest absolute Gasteiger partial charge is 0.396 e. The molecule has 0 radical (unpaired) electrons. The molecule has 0 heterocycles. The van der Waals surface area contributed by atoms with Crippen LogP contribution in [-0.2, 0) is 9.53 Å². The molecule has 1 amide bonds. The number of halogens is 1. The third kappa shape index (κ3) is 5.81. The Morgan fingerprint density at radius 1 is 1.43 bits per heavy atom. The second-order valence-electron chi connectivity index (χ2n) is 5.67. The average molecular weight is 297 g/mol. The minimum atomic E-state index is -0.580. The van der Waals surface area contributed by atoms with Crippen LogP contribution in [0.4, 0.5) is 4.39 Å². The van der Waals surface area contributed by atoms with Gasteiger partial charge in [-0.05, 0) is 37.0 Å². The van der Waals surface area contributed by atoms with Gasteiger partial charge in [-0.1, -0.05) is 19.1 Å². The molecule has 21 heavy (non-hydrogen) atoms. The highest BCUT2D eigenvalue weighted by Gasteiger charge is 2.26. The zero-order valence-corrected chi connectivity index (χ0v) is 12.9. The van der Waals surface area contributed by atoms with Crippen molar-refractivity contribution in [2.75, 3.05) is 20.3 Å². The second-order valence-corrected chi connectivity index (χ2v) is 5.67. The maximum atomic E-state index is 12.9. The summed E-state index contributed by atoms with van der Waals surface area (Å²) < 4.78 is 18.0. The van der Waals surface area contributed by atoms with E-state index in [-0.39, 0.29) is 24.2 Å². The van der Waals surface area contributed by atoms with E-state index >= 15 is 0 Å². The molecule has 0 aromatic heterocycles. The summed E-state index contributed by atoms with van der Waals surface area (Å²) in [7, 11) is 1.56. The van der Waals surface area contributed by atoms with Crippen molar-refractivity contribution >= 4 is 5.91 Å². The molecule has 2 unspecified atom stereocenters. The summed E-state index contributed by atoms with van der Waals surface area (Å²) in [5.41, 5.74) is 0.338. The van der Waals surface area contributed by atoms with Crippen molar-refractivity contribution in [2.24, 2.45) is 0 Å². The Hall–Kier alpha value is -1.46. The van der Waals surface area contributed by atoms with Crippen LogP contribution in [-0.4, -0.2) is 36.9 Å². The van der Waals surface area contributed by atoms with Crippen LogP contribution >= 0.6 is 0 Å². The molecule has 4 nitrogen and oxygen atoms in total. The molecule has 0 bridgehead atoms. The molecule has 0 fully saturated rings. The number of hydrogen-bond acceptors (Lipinski definition) is 3. The predicted molar refractivity (Wildman–Crippen MR) is 79.6 cm³/mol. The van der Waals surface area contributed by atoms with E-state index in [1.807, 2.05) is 13.8 Å². The van der Waals surface area contributed by atoms with Gasteiger partial charge in [0.15, 0.2) is 0 Å². The van der Waals surface area contributed by atoms with Gasteiger partial charge in [0.25, 0.3) is 0 Å². The first-order valence-corrected chi connectivity index (χ1v) is 7.06. The van der Waals surface area contributed by atoms with Gasteiger partial charge in [0, 0.05) is 20.1 Å². The molecular formula is C16H24FNO3. The van der Waals surface area contributed by atoms with E-state index in [9.17, 15) is 9.18 Å². The van der Waals surface area contributed by atoms with Crippen molar-refractivity contribution < 1.29 is 19.0 Å². The highest BCUT2D eigenvalue weighted by atomic mass is 19.1. The fraction of sp³-hybridized carbons (Fsp3) is 0.562. The van der Waals surface area contributed by atoms with E-state index in [4.69, 9.17) is 9.84 Å². The SMILES string of the molecule is COCC(C)(CCO)NC(=O)CC(C)c1ccc(F)cc1. The van der Waals surface area contributed by atoms with Crippen LogP contribution in [0.5, 0.6) is 0 Å². The summed E-state index contributed by atoms with van der Waals surface area (Å²) in [6, 6.07) is 6.17. The van der Waals surface area contributed by atoms with Gasteiger partial charge >= 0.3 is 0 Å². The molecule has 1 aromatic rings. The van der Waals surface area contributed by atoms with E-state index in [1.165, 1.54) is 12.1 Å². The zero-order chi connectivity index (χ0) is 15.9. The average Bonchev–Trinajstić information content (AvgIpc) is 2.39. The summed E-state index contributed by atoms with van der Waals surface area (Å²) in [4.78, 5) is 12.1. The van der Waals surface area contributed by atoms with Gasteiger partial charge in [-0.15, -0.1) is 0 Å². The fourth-order valence-corrected chi connectivity index (χ4v) is 2.31. The van der Waals surface area contributed by atoms with Crippen LogP contribution in [0.15, 0.2) is 24.3 Å². The van der Waals surface area contributed by atoms with Crippen LogP contribution in [0.1, 0.15) is 38.2 Å². The fourth-order valence-electron chi connectivity index (χ4n) is 2.31. The van der Waals surface area contributed by atoms with E-state index in [0.29, 0.717) is 19.4 Å². The highest BCUT2D eigenvalue weighted by Crippen LogP contribution is 2.20. The number of rotatable bonds is 8. The predicted octanol–water partition coefficient (Wildman–Crippen LogP) is 2.22. The van der Waals surface area contributed by atoms with E-state index in [1.54, 1.807) is 19.2 Å². The number of aliphatic hydroxyl groups is 1. The number of ether oxygens (including phenoxy) is 1. The van der Waals surface area contributed by atoms with Crippen LogP contribution in [0.25, 0.3) is 0 Å². The number of carbonyl (C=O) groups is 1. The van der Waals surface area contributed by atoms with Crippen molar-refractivity contribution in [2.45, 2.75) is 38.1 Å². The lowest BCUT2D eigenvalue weighted by Gasteiger charge is -2.30. The van der Waals surface area contributed by atoms with Crippen molar-refractivity contribution in [3.63, 3.8) is 0 Å². The van der Waals surface area contributed by atoms with Crippen LogP contribution < -0.4 is 5.32 Å². The Morgan fingerprint density at radius 2 is 2.05 bits per heavy atom. The van der Waals surface area contributed by atoms with Crippen molar-refractivity contribution in [3.05, 3.63) is 35.6 Å². The van der Waals surface area contributed by atoms with E-state index < -0.39 is 5.54 Å². The number of methoxy groups -OCH3 is 1. The standard InChI is InChI=1S/C16H24FNO3/c1-12(13-4-6-14(17)7-5-13)10-15(20)18-16(2,8-9-19)11-21-3/h4-7,12,19H,8-11H2,1-3H3,(H,18,20). The third-order valence-electron chi connectivity index (χ3n) is 3.50. The summed E-state index contributed by atoms with van der Waals surface area (Å²) in [6.45, 7) is 4.08. The molecule has 1 aromatic carbocycles. The number of carbonyl (C=O) groups excluding carboxylic acids is 1. The maximum Gasteiger partial charge on any atom is 0.221 e. The number of amides is 1. The number of hydrogen-bond donors (Lipinski definition) is 2. The van der Waals surface area contributed by atoms with Gasteiger partial charge in [-0.2, -0.15) is 0 Å². The molecule has 0 saturated carbocycles. The Labute approximate surface area is 125 Å². The lowest BCUT2D eigenvalue weighted by Crippen LogP contribution is -2.50. The minimum Gasteiger partial charge on any atom is -0.396 e. The summed E-state index contributed by atoms with van der Waals surface area (Å²) in [5.74, 6) is -0.405. The Kier molecular flexibility index (Phi) is 6.78. The lowest BCUT2D eigenvalue weighted by molar-refractivity contribution is -0.124. The van der Waals surface area contributed by atoms with Gasteiger partial charge in [0.1, 0.15) is 5.82 Å². The molecule has 0 aliphatic heterocycles. The number of nitrogens with one attached hydrogen (secondary N) is 1. The first-order chi connectivity index (χ1) is 9.90. The van der Waals surface area contributed by atoms with Gasteiger partial charge in [-0.3, -0.25) is 4.79 Å². The minimum absolute atomic E-state index is 0.00785. The lowest BCUT2D eigenvalue weighted by atomic mass is 9.95. The molecule has 0 aliphatic rings. The molecule has 2 atom stereocenters. The van der Waals surface area contributed by atoms with Crippen LogP contribution in [0, 0.1) is 5.82 Å². The molecule has 1 rings (SSSR count). The number of benzene rings is 1. The molecule has 118 valence electrons. The molecule has 0 spiro atoms. The Morgan fingerprint density at radius 3 is 2.57 bits per heavy atom. The topological polar surface area (TPSA) is 58.6 Å². The number of aliphatic hydroxyl groups excluding tert-OH is 1. The zero-order valence-electron chi connectivity index (χ0n) is 12.9. The normalized spacial score (nSPS) is 15.3. The first kappa shape index (κ1) is 17.6. The molecule has 5 heteroatoms. The summed E-state index contributed by atoms with van der Waals surface area (Å²) in [6.07, 6.45) is 0.730. The monoisotopic (exact) mass is 297 g/mol. The van der Waals surface area contributed by atoms with Crippen molar-refractivity contribution in [1.29, 1.82) is 0 Å². The van der Waals surface area contributed by atoms with Crippen molar-refractivity contribution in [1.82, 2.24) is 5.32 Å². The van der Waals surface area contributed by atoms with Gasteiger partial charge in [0.05, 0.1) is 12.1 Å². The Balaban J connectivity index is 2.61. The van der Waals surface area contributed by atoms with Crippen LogP contribution in [0.3, 0.4) is 0 Å². The summed E-state index contributed by atoms with van der Waals surface area (Å²) >= 11 is 0. The Bertz CT molecular complexity index is 441. The quantitative estimate of drug-likeness (QED) is 0.773. The van der Waals surface area contributed by atoms with Crippen molar-refractivity contribution in [3.8, 4) is 0 Å². The van der Waals surface area contributed by atoms with Gasteiger partial charge in [0.2, 0.25) is 5.91 Å². The second kappa shape index (κ2) is 8.10. The van der Waals surface area contributed by atoms with Gasteiger partial charge in [-0.25, -0.2) is 4.39 Å². The molecule has 2 N–H and O–H groups in total. The first-order valence-electron chi connectivity index (χ1n) is 7.06. The molecule has 0 saturated heterocycles. The van der Waals surface area contributed by atoms with E-state index in [0.717, 1.165) is 5.56 Å². The molecular weight excluding hydrogens is 273 g/mol. The smallest absolute Gasteiger partial charge is 0.221 e. The van der Waals surface area contributed by atoms with E-state index in [2.05, 4.69) is 5.32 Å². The maximum absolute atomic E-state index is 12.9. The third-order valence-corrected chi connectivity index (χ3v) is 3.50. The van der Waals surface area contributed by atoms with Crippen LogP contribution in [0.2, 0.25) is 0 Å². The summed E-state index contributed by atoms with van der Waals surface area (Å²) in [5, 5.41) is 12.0. The molecule has 0 aliphatic carbocycles. The van der Waals surface area contributed by atoms with Gasteiger partial charge < -0.3 is 15.2 Å².